The molecule has 0 aliphatic carbocycles. The quantitative estimate of drug-likeness (QED) is 0.724. The van der Waals surface area contributed by atoms with E-state index in [9.17, 15) is 0 Å². The molecule has 100 valence electrons. The fourth-order valence-electron chi connectivity index (χ4n) is 2.37. The van der Waals surface area contributed by atoms with Gasteiger partial charge in [-0.2, -0.15) is 0 Å². The number of hydrogen-bond donors (Lipinski definition) is 0. The summed E-state index contributed by atoms with van der Waals surface area (Å²) in [7, 11) is 0. The second-order valence-electron chi connectivity index (χ2n) is 5.91. The van der Waals surface area contributed by atoms with Crippen molar-refractivity contribution in [3.8, 4) is 5.75 Å². The zero-order valence-corrected chi connectivity index (χ0v) is 12.0. The number of hydrogen-bond acceptors (Lipinski definition) is 2. The Balaban J connectivity index is 2.05. The summed E-state index contributed by atoms with van der Waals surface area (Å²) in [5.41, 5.74) is 2.73. The van der Waals surface area contributed by atoms with Crippen molar-refractivity contribution >= 4 is 0 Å². The molecule has 1 aliphatic heterocycles. The number of aryl methyl sites for hydroxylation is 1. The molecule has 2 nitrogen and oxygen atoms in total. The molecule has 1 unspecified atom stereocenters. The summed E-state index contributed by atoms with van der Waals surface area (Å²) in [6.07, 6.45) is 2.52. The lowest BCUT2D eigenvalue weighted by molar-refractivity contribution is -0.172. The molecule has 1 fully saturated rings. The summed E-state index contributed by atoms with van der Waals surface area (Å²) in [6, 6.07) is 6.42. The molecule has 2 rings (SSSR count). The summed E-state index contributed by atoms with van der Waals surface area (Å²) in [4.78, 5) is 0. The average Bonchev–Trinajstić information content (AvgIpc) is 2.31. The van der Waals surface area contributed by atoms with Gasteiger partial charge in [-0.05, 0) is 36.6 Å². The Bertz CT molecular complexity index is 410. The minimum atomic E-state index is 0.237. The van der Waals surface area contributed by atoms with E-state index in [-0.39, 0.29) is 11.5 Å². The van der Waals surface area contributed by atoms with Crippen LogP contribution in [0.1, 0.15) is 50.8 Å². The van der Waals surface area contributed by atoms with Gasteiger partial charge in [-0.3, -0.25) is 0 Å². The molecule has 0 N–H and O–H groups in total. The van der Waals surface area contributed by atoms with E-state index >= 15 is 0 Å². The first-order valence-electron chi connectivity index (χ1n) is 6.89. The van der Waals surface area contributed by atoms with Gasteiger partial charge in [0, 0.05) is 5.41 Å². The number of rotatable bonds is 5. The van der Waals surface area contributed by atoms with E-state index in [1.165, 1.54) is 17.5 Å². The highest BCUT2D eigenvalue weighted by Crippen LogP contribution is 2.46. The van der Waals surface area contributed by atoms with Crippen LogP contribution in [0, 0.1) is 12.3 Å². The van der Waals surface area contributed by atoms with Gasteiger partial charge in [0.15, 0.2) is 0 Å². The minimum absolute atomic E-state index is 0.237. The van der Waals surface area contributed by atoms with E-state index < -0.39 is 0 Å². The van der Waals surface area contributed by atoms with Crippen LogP contribution in [-0.2, 0) is 4.74 Å². The number of unbranched alkanes of at least 4 members (excludes halogenated alkanes) is 1. The molecule has 0 saturated carbocycles. The highest BCUT2D eigenvalue weighted by molar-refractivity contribution is 5.38. The third-order valence-corrected chi connectivity index (χ3v) is 3.59. The third-order valence-electron chi connectivity index (χ3n) is 3.59. The lowest BCUT2D eigenvalue weighted by Crippen LogP contribution is -2.40. The SMILES string of the molecule is CCCCOc1ccc(C2OCC2(C)C)cc1C. The second-order valence-corrected chi connectivity index (χ2v) is 5.91. The number of ether oxygens (including phenoxy) is 2. The van der Waals surface area contributed by atoms with Crippen molar-refractivity contribution < 1.29 is 9.47 Å². The molecular weight excluding hydrogens is 224 g/mol. The van der Waals surface area contributed by atoms with E-state index in [2.05, 4.69) is 45.9 Å². The molecule has 0 radical (unpaired) electrons. The first-order chi connectivity index (χ1) is 8.54. The Labute approximate surface area is 110 Å². The van der Waals surface area contributed by atoms with Gasteiger partial charge in [0.05, 0.1) is 19.3 Å². The van der Waals surface area contributed by atoms with Crippen molar-refractivity contribution in [3.05, 3.63) is 29.3 Å². The van der Waals surface area contributed by atoms with Crippen molar-refractivity contribution in [2.45, 2.75) is 46.6 Å². The Kier molecular flexibility index (Phi) is 3.96. The Morgan fingerprint density at radius 3 is 2.67 bits per heavy atom. The Morgan fingerprint density at radius 1 is 1.39 bits per heavy atom. The van der Waals surface area contributed by atoms with Crippen molar-refractivity contribution in [1.29, 1.82) is 0 Å². The zero-order chi connectivity index (χ0) is 13.2. The molecule has 0 aromatic heterocycles. The highest BCUT2D eigenvalue weighted by atomic mass is 16.5. The summed E-state index contributed by atoms with van der Waals surface area (Å²) >= 11 is 0. The maximum absolute atomic E-state index is 5.77. The van der Waals surface area contributed by atoms with Gasteiger partial charge in [-0.15, -0.1) is 0 Å². The summed E-state index contributed by atoms with van der Waals surface area (Å²) < 4.78 is 11.5. The van der Waals surface area contributed by atoms with Gasteiger partial charge >= 0.3 is 0 Å². The van der Waals surface area contributed by atoms with E-state index in [1.807, 2.05) is 0 Å². The number of benzene rings is 1. The maximum Gasteiger partial charge on any atom is 0.122 e. The van der Waals surface area contributed by atoms with E-state index in [0.717, 1.165) is 25.4 Å². The lowest BCUT2D eigenvalue weighted by atomic mass is 9.78. The standard InChI is InChI=1S/C16H24O2/c1-5-6-9-17-14-8-7-13(10-12(14)2)15-16(3,4)11-18-15/h7-8,10,15H,5-6,9,11H2,1-4H3. The predicted octanol–water partition coefficient (Wildman–Crippen LogP) is 4.27. The van der Waals surface area contributed by atoms with Crippen molar-refractivity contribution in [1.82, 2.24) is 0 Å². The largest absolute Gasteiger partial charge is 0.493 e. The molecule has 1 atom stereocenters. The van der Waals surface area contributed by atoms with E-state index in [0.29, 0.717) is 0 Å². The monoisotopic (exact) mass is 248 g/mol. The Hall–Kier alpha value is -1.02. The molecule has 18 heavy (non-hydrogen) atoms. The van der Waals surface area contributed by atoms with Gasteiger partial charge in [0.25, 0.3) is 0 Å². The van der Waals surface area contributed by atoms with Crippen LogP contribution in [0.4, 0.5) is 0 Å². The van der Waals surface area contributed by atoms with Crippen LogP contribution in [0.15, 0.2) is 18.2 Å². The van der Waals surface area contributed by atoms with E-state index in [1.54, 1.807) is 0 Å². The minimum Gasteiger partial charge on any atom is -0.493 e. The lowest BCUT2D eigenvalue weighted by Gasteiger charge is -2.44. The van der Waals surface area contributed by atoms with Crippen LogP contribution >= 0.6 is 0 Å². The van der Waals surface area contributed by atoms with Crippen LogP contribution < -0.4 is 4.74 Å². The smallest absolute Gasteiger partial charge is 0.122 e. The molecule has 1 aromatic rings. The maximum atomic E-state index is 5.77. The van der Waals surface area contributed by atoms with Crippen molar-refractivity contribution in [2.75, 3.05) is 13.2 Å². The second kappa shape index (κ2) is 5.31. The van der Waals surface area contributed by atoms with Gasteiger partial charge < -0.3 is 9.47 Å². The fraction of sp³-hybridized carbons (Fsp3) is 0.625. The van der Waals surface area contributed by atoms with Crippen LogP contribution in [0.25, 0.3) is 0 Å². The highest BCUT2D eigenvalue weighted by Gasteiger charge is 2.41. The first kappa shape index (κ1) is 13.4. The zero-order valence-electron chi connectivity index (χ0n) is 12.0. The molecular formula is C16H24O2. The fourth-order valence-corrected chi connectivity index (χ4v) is 2.37. The molecule has 1 saturated heterocycles. The molecule has 0 bridgehead atoms. The molecule has 0 spiro atoms. The van der Waals surface area contributed by atoms with Gasteiger partial charge in [0.1, 0.15) is 5.75 Å². The van der Waals surface area contributed by atoms with Crippen LogP contribution in [0.5, 0.6) is 5.75 Å². The molecule has 1 heterocycles. The average molecular weight is 248 g/mol. The molecule has 2 heteroatoms. The summed E-state index contributed by atoms with van der Waals surface area (Å²) in [6.45, 7) is 10.4. The summed E-state index contributed by atoms with van der Waals surface area (Å²) in [5.74, 6) is 1.00. The van der Waals surface area contributed by atoms with Crippen LogP contribution in [-0.4, -0.2) is 13.2 Å². The normalized spacial score (nSPS) is 21.4. The van der Waals surface area contributed by atoms with Crippen molar-refractivity contribution in [2.24, 2.45) is 5.41 Å². The molecule has 1 aromatic carbocycles. The van der Waals surface area contributed by atoms with Gasteiger partial charge in [0.2, 0.25) is 0 Å². The summed E-state index contributed by atoms with van der Waals surface area (Å²) in [5, 5.41) is 0. The Morgan fingerprint density at radius 2 is 2.17 bits per heavy atom. The van der Waals surface area contributed by atoms with Gasteiger partial charge in [-0.1, -0.05) is 33.3 Å². The van der Waals surface area contributed by atoms with E-state index in [4.69, 9.17) is 9.47 Å². The van der Waals surface area contributed by atoms with Crippen molar-refractivity contribution in [3.63, 3.8) is 0 Å². The first-order valence-corrected chi connectivity index (χ1v) is 6.89. The third kappa shape index (κ3) is 2.69. The van der Waals surface area contributed by atoms with Crippen LogP contribution in [0.2, 0.25) is 0 Å². The van der Waals surface area contributed by atoms with Crippen LogP contribution in [0.3, 0.4) is 0 Å². The molecule has 0 amide bonds. The predicted molar refractivity (Wildman–Crippen MR) is 74.1 cm³/mol. The van der Waals surface area contributed by atoms with Gasteiger partial charge in [-0.25, -0.2) is 0 Å². The topological polar surface area (TPSA) is 18.5 Å². The molecule has 1 aliphatic rings.